The van der Waals surface area contributed by atoms with Crippen LogP contribution in [0.1, 0.15) is 38.5 Å². The largest absolute Gasteiger partial charge is 0.381 e. The predicted molar refractivity (Wildman–Crippen MR) is 82.3 cm³/mol. The van der Waals surface area contributed by atoms with E-state index in [0.29, 0.717) is 6.04 Å². The molecule has 1 aliphatic carbocycles. The van der Waals surface area contributed by atoms with E-state index in [0.717, 1.165) is 22.3 Å². The molecular weight excluding hydrogens is 302 g/mol. The highest BCUT2D eigenvalue weighted by molar-refractivity contribution is 9.10. The summed E-state index contributed by atoms with van der Waals surface area (Å²) in [6.07, 6.45) is 10.0. The highest BCUT2D eigenvalue weighted by Gasteiger charge is 2.33. The lowest BCUT2D eigenvalue weighted by Crippen LogP contribution is -2.43. The van der Waals surface area contributed by atoms with Crippen molar-refractivity contribution in [2.75, 3.05) is 11.9 Å². The second-order valence-corrected chi connectivity index (χ2v) is 6.58. The Morgan fingerprint density at radius 3 is 2.79 bits per heavy atom. The molecule has 2 heterocycles. The second-order valence-electron chi connectivity index (χ2n) is 5.77. The topological polar surface area (TPSA) is 37.0 Å². The maximum atomic E-state index is 4.31. The molecule has 2 aliphatic rings. The highest BCUT2D eigenvalue weighted by atomic mass is 79.9. The summed E-state index contributed by atoms with van der Waals surface area (Å²) in [5.74, 6) is 0.778. The van der Waals surface area contributed by atoms with Crippen LogP contribution in [-0.4, -0.2) is 23.6 Å². The van der Waals surface area contributed by atoms with Gasteiger partial charge in [0.1, 0.15) is 4.60 Å². The zero-order valence-corrected chi connectivity index (χ0v) is 12.8. The molecule has 4 heteroatoms. The first-order chi connectivity index (χ1) is 9.33. The zero-order chi connectivity index (χ0) is 13.1. The molecule has 19 heavy (non-hydrogen) atoms. The Labute approximate surface area is 123 Å². The minimum atomic E-state index is 0.604. The zero-order valence-electron chi connectivity index (χ0n) is 11.2. The molecular formula is C15H22BrN3. The van der Waals surface area contributed by atoms with E-state index in [2.05, 4.69) is 37.6 Å². The maximum Gasteiger partial charge on any atom is 0.106 e. The van der Waals surface area contributed by atoms with E-state index in [9.17, 15) is 0 Å². The van der Waals surface area contributed by atoms with Crippen molar-refractivity contribution in [1.29, 1.82) is 0 Å². The lowest BCUT2D eigenvalue weighted by atomic mass is 9.79. The molecule has 3 nitrogen and oxygen atoms in total. The molecule has 3 atom stereocenters. The number of aromatic nitrogens is 1. The Bertz CT molecular complexity index is 400. The van der Waals surface area contributed by atoms with Crippen molar-refractivity contribution in [3.63, 3.8) is 0 Å². The van der Waals surface area contributed by atoms with Crippen molar-refractivity contribution in [1.82, 2.24) is 10.3 Å². The fraction of sp³-hybridized carbons (Fsp3) is 0.667. The third-order valence-electron chi connectivity index (χ3n) is 4.51. The van der Waals surface area contributed by atoms with Gasteiger partial charge in [-0.05, 0) is 66.2 Å². The molecule has 1 saturated carbocycles. The van der Waals surface area contributed by atoms with Crippen LogP contribution in [0.25, 0.3) is 0 Å². The number of hydrogen-bond donors (Lipinski definition) is 2. The molecule has 2 fully saturated rings. The number of pyridine rings is 1. The second kappa shape index (κ2) is 6.23. The van der Waals surface area contributed by atoms with E-state index < -0.39 is 0 Å². The standard InChI is InChI=1S/C15H22BrN3/c16-15-8-7-11(10-18-15)19-14-5-2-1-4-12(14)13-6-3-9-17-13/h7-8,10,12-14,17,19H,1-6,9H2. The molecule has 3 unspecified atom stereocenters. The molecule has 104 valence electrons. The summed E-state index contributed by atoms with van der Waals surface area (Å²) in [6.45, 7) is 1.20. The lowest BCUT2D eigenvalue weighted by Gasteiger charge is -2.36. The van der Waals surface area contributed by atoms with Gasteiger partial charge >= 0.3 is 0 Å². The molecule has 2 N–H and O–H groups in total. The van der Waals surface area contributed by atoms with Crippen LogP contribution < -0.4 is 10.6 Å². The van der Waals surface area contributed by atoms with Gasteiger partial charge in [-0.3, -0.25) is 0 Å². The summed E-state index contributed by atoms with van der Waals surface area (Å²) in [7, 11) is 0. The van der Waals surface area contributed by atoms with Crippen LogP contribution in [0.2, 0.25) is 0 Å². The first kappa shape index (κ1) is 13.4. The Balaban J connectivity index is 1.67. The Hall–Kier alpha value is -0.610. The van der Waals surface area contributed by atoms with Gasteiger partial charge < -0.3 is 10.6 Å². The SMILES string of the molecule is Brc1ccc(NC2CCCCC2C2CCCN2)cn1. The summed E-state index contributed by atoms with van der Waals surface area (Å²) < 4.78 is 0.899. The normalized spacial score (nSPS) is 31.3. The molecule has 1 aromatic heterocycles. The van der Waals surface area contributed by atoms with Crippen LogP contribution in [0.3, 0.4) is 0 Å². The van der Waals surface area contributed by atoms with Gasteiger partial charge in [0.2, 0.25) is 0 Å². The van der Waals surface area contributed by atoms with Gasteiger partial charge in [-0.1, -0.05) is 12.8 Å². The van der Waals surface area contributed by atoms with Gasteiger partial charge in [0.15, 0.2) is 0 Å². The average Bonchev–Trinajstić information content (AvgIpc) is 2.96. The van der Waals surface area contributed by atoms with E-state index in [1.165, 1.54) is 45.1 Å². The molecule has 1 saturated heterocycles. The third-order valence-corrected chi connectivity index (χ3v) is 4.98. The van der Waals surface area contributed by atoms with Crippen LogP contribution >= 0.6 is 15.9 Å². The predicted octanol–water partition coefficient (Wildman–Crippen LogP) is 3.57. The minimum absolute atomic E-state index is 0.604. The number of anilines is 1. The number of nitrogens with zero attached hydrogens (tertiary/aromatic N) is 1. The smallest absolute Gasteiger partial charge is 0.106 e. The first-order valence-electron chi connectivity index (χ1n) is 7.44. The molecule has 0 bridgehead atoms. The molecule has 0 spiro atoms. The average molecular weight is 324 g/mol. The quantitative estimate of drug-likeness (QED) is 0.835. The van der Waals surface area contributed by atoms with Crippen molar-refractivity contribution >= 4 is 21.6 Å². The molecule has 0 aromatic carbocycles. The van der Waals surface area contributed by atoms with Gasteiger partial charge in [0.25, 0.3) is 0 Å². The van der Waals surface area contributed by atoms with E-state index >= 15 is 0 Å². The van der Waals surface area contributed by atoms with Crippen LogP contribution in [0.15, 0.2) is 22.9 Å². The van der Waals surface area contributed by atoms with Crippen molar-refractivity contribution in [3.8, 4) is 0 Å². The Morgan fingerprint density at radius 2 is 2.05 bits per heavy atom. The maximum absolute atomic E-state index is 4.31. The summed E-state index contributed by atoms with van der Waals surface area (Å²) in [6, 6.07) is 5.45. The number of hydrogen-bond acceptors (Lipinski definition) is 3. The molecule has 0 amide bonds. The first-order valence-corrected chi connectivity index (χ1v) is 8.24. The molecule has 3 rings (SSSR count). The van der Waals surface area contributed by atoms with Crippen molar-refractivity contribution < 1.29 is 0 Å². The number of halogens is 1. The van der Waals surface area contributed by atoms with E-state index in [1.807, 2.05) is 12.3 Å². The Morgan fingerprint density at radius 1 is 1.16 bits per heavy atom. The van der Waals surface area contributed by atoms with Crippen LogP contribution in [0, 0.1) is 5.92 Å². The molecule has 0 radical (unpaired) electrons. The number of nitrogens with one attached hydrogen (secondary N) is 2. The van der Waals surface area contributed by atoms with Crippen molar-refractivity contribution in [3.05, 3.63) is 22.9 Å². The van der Waals surface area contributed by atoms with Gasteiger partial charge in [-0.15, -0.1) is 0 Å². The van der Waals surface area contributed by atoms with Crippen LogP contribution in [0.5, 0.6) is 0 Å². The summed E-state index contributed by atoms with van der Waals surface area (Å²) in [5, 5.41) is 7.40. The summed E-state index contributed by atoms with van der Waals surface area (Å²) in [4.78, 5) is 4.31. The minimum Gasteiger partial charge on any atom is -0.381 e. The molecule has 1 aliphatic heterocycles. The monoisotopic (exact) mass is 323 g/mol. The highest BCUT2D eigenvalue weighted by Crippen LogP contribution is 2.32. The third kappa shape index (κ3) is 3.29. The van der Waals surface area contributed by atoms with Crippen LogP contribution in [0.4, 0.5) is 5.69 Å². The van der Waals surface area contributed by atoms with Gasteiger partial charge in [-0.2, -0.15) is 0 Å². The fourth-order valence-electron chi connectivity index (χ4n) is 3.57. The fourth-order valence-corrected chi connectivity index (χ4v) is 3.81. The number of rotatable bonds is 3. The summed E-state index contributed by atoms with van der Waals surface area (Å²) >= 11 is 3.39. The van der Waals surface area contributed by atoms with E-state index in [-0.39, 0.29) is 0 Å². The van der Waals surface area contributed by atoms with Gasteiger partial charge in [-0.25, -0.2) is 4.98 Å². The van der Waals surface area contributed by atoms with E-state index in [4.69, 9.17) is 0 Å². The van der Waals surface area contributed by atoms with Gasteiger partial charge in [0, 0.05) is 12.1 Å². The van der Waals surface area contributed by atoms with Crippen LogP contribution in [-0.2, 0) is 0 Å². The Kier molecular flexibility index (Phi) is 4.38. The van der Waals surface area contributed by atoms with Crippen molar-refractivity contribution in [2.24, 2.45) is 5.92 Å². The molecule has 1 aromatic rings. The lowest BCUT2D eigenvalue weighted by molar-refractivity contribution is 0.262. The van der Waals surface area contributed by atoms with E-state index in [1.54, 1.807) is 0 Å². The van der Waals surface area contributed by atoms with Crippen molar-refractivity contribution in [2.45, 2.75) is 50.6 Å². The van der Waals surface area contributed by atoms with Gasteiger partial charge in [0.05, 0.1) is 11.9 Å². The summed E-state index contributed by atoms with van der Waals surface area (Å²) in [5.41, 5.74) is 1.15.